The number of hydrogen-bond acceptors (Lipinski definition) is 2. The molecule has 0 unspecified atom stereocenters. The first-order valence-corrected chi connectivity index (χ1v) is 8.66. The molecule has 4 heteroatoms. The quantitative estimate of drug-likeness (QED) is 0.464. The molecule has 2 aromatic heterocycles. The van der Waals surface area contributed by atoms with Crippen LogP contribution in [0.15, 0.2) is 72.8 Å². The van der Waals surface area contributed by atoms with Crippen molar-refractivity contribution in [1.82, 2.24) is 19.1 Å². The van der Waals surface area contributed by atoms with E-state index in [0.717, 1.165) is 44.8 Å². The predicted molar refractivity (Wildman–Crippen MR) is 106 cm³/mol. The number of fused-ring (bicyclic) bond motifs is 2. The van der Waals surface area contributed by atoms with Gasteiger partial charge in [0.05, 0.1) is 22.1 Å². The number of aryl methyl sites for hydroxylation is 2. The molecule has 0 radical (unpaired) electrons. The van der Waals surface area contributed by atoms with Crippen LogP contribution in [0.25, 0.3) is 44.8 Å². The monoisotopic (exact) mass is 338 g/mol. The highest BCUT2D eigenvalue weighted by Gasteiger charge is 2.13. The Morgan fingerprint density at radius 2 is 1.04 bits per heavy atom. The minimum Gasteiger partial charge on any atom is -0.327 e. The van der Waals surface area contributed by atoms with Crippen LogP contribution < -0.4 is 0 Å². The second-order valence-electron chi connectivity index (χ2n) is 6.55. The third-order valence-electron chi connectivity index (χ3n) is 4.95. The van der Waals surface area contributed by atoms with E-state index in [1.54, 1.807) is 0 Å². The van der Waals surface area contributed by atoms with Gasteiger partial charge in [0.2, 0.25) is 0 Å². The van der Waals surface area contributed by atoms with E-state index in [1.165, 1.54) is 0 Å². The maximum atomic E-state index is 4.82. The van der Waals surface area contributed by atoms with Gasteiger partial charge in [0.25, 0.3) is 0 Å². The van der Waals surface area contributed by atoms with Gasteiger partial charge in [0, 0.05) is 25.2 Å². The molecular weight excluding hydrogens is 320 g/mol. The summed E-state index contributed by atoms with van der Waals surface area (Å²) < 4.78 is 4.28. The molecule has 0 spiro atoms. The van der Waals surface area contributed by atoms with Gasteiger partial charge in [-0.2, -0.15) is 0 Å². The van der Waals surface area contributed by atoms with Gasteiger partial charge >= 0.3 is 0 Å². The molecule has 2 heterocycles. The van der Waals surface area contributed by atoms with E-state index < -0.39 is 0 Å². The lowest BCUT2D eigenvalue weighted by Gasteiger charge is -2.06. The molecule has 4 nitrogen and oxygen atoms in total. The van der Waals surface area contributed by atoms with Gasteiger partial charge in [0.15, 0.2) is 0 Å². The minimum atomic E-state index is 0.965. The summed E-state index contributed by atoms with van der Waals surface area (Å²) in [5.74, 6) is 1.93. The Kier molecular flexibility index (Phi) is 3.19. The fourth-order valence-corrected chi connectivity index (χ4v) is 3.60. The number of nitrogens with zero attached hydrogens (tertiary/aromatic N) is 4. The zero-order valence-corrected chi connectivity index (χ0v) is 14.7. The minimum absolute atomic E-state index is 0.965. The zero-order valence-electron chi connectivity index (χ0n) is 14.7. The second-order valence-corrected chi connectivity index (χ2v) is 6.55. The molecule has 0 saturated heterocycles. The average Bonchev–Trinajstić information content (AvgIpc) is 3.20. The van der Waals surface area contributed by atoms with Crippen LogP contribution in [0.4, 0.5) is 0 Å². The number of imidazole rings is 2. The second kappa shape index (κ2) is 5.56. The van der Waals surface area contributed by atoms with E-state index in [2.05, 4.69) is 59.6 Å². The van der Waals surface area contributed by atoms with Crippen LogP contribution in [-0.4, -0.2) is 19.1 Å². The third kappa shape index (κ3) is 2.15. The summed E-state index contributed by atoms with van der Waals surface area (Å²) in [6.45, 7) is 0. The topological polar surface area (TPSA) is 35.6 Å². The molecule has 0 aliphatic carbocycles. The van der Waals surface area contributed by atoms with Gasteiger partial charge in [0.1, 0.15) is 11.6 Å². The fraction of sp³-hybridized carbons (Fsp3) is 0.0909. The predicted octanol–water partition coefficient (Wildman–Crippen LogP) is 4.79. The van der Waals surface area contributed by atoms with E-state index >= 15 is 0 Å². The van der Waals surface area contributed by atoms with E-state index in [-0.39, 0.29) is 0 Å². The summed E-state index contributed by atoms with van der Waals surface area (Å²) in [4.78, 5) is 9.64. The molecule has 0 aliphatic rings. The summed E-state index contributed by atoms with van der Waals surface area (Å²) in [7, 11) is 4.12. The van der Waals surface area contributed by atoms with Crippen molar-refractivity contribution in [3.63, 3.8) is 0 Å². The molecule has 0 amide bonds. The van der Waals surface area contributed by atoms with Crippen LogP contribution in [0.5, 0.6) is 0 Å². The highest BCUT2D eigenvalue weighted by Crippen LogP contribution is 2.29. The summed E-state index contributed by atoms with van der Waals surface area (Å²) >= 11 is 0. The SMILES string of the molecule is Cn1c(-c2cccc(-c3nc4ccccc4n3C)c2)nc2ccccc21. The van der Waals surface area contributed by atoms with Crippen LogP contribution in [0, 0.1) is 0 Å². The van der Waals surface area contributed by atoms with Crippen molar-refractivity contribution in [2.75, 3.05) is 0 Å². The maximum absolute atomic E-state index is 4.82. The molecule has 0 bridgehead atoms. The third-order valence-corrected chi connectivity index (χ3v) is 4.95. The number of hydrogen-bond donors (Lipinski definition) is 0. The summed E-state index contributed by atoms with van der Waals surface area (Å²) in [5, 5.41) is 0. The van der Waals surface area contributed by atoms with E-state index in [0.29, 0.717) is 0 Å². The lowest BCUT2D eigenvalue weighted by atomic mass is 10.1. The van der Waals surface area contributed by atoms with Crippen molar-refractivity contribution in [2.45, 2.75) is 0 Å². The Balaban J connectivity index is 1.69. The highest BCUT2D eigenvalue weighted by atomic mass is 15.1. The van der Waals surface area contributed by atoms with E-state index in [1.807, 2.05) is 36.4 Å². The first-order chi connectivity index (χ1) is 12.7. The summed E-state index contributed by atoms with van der Waals surface area (Å²) in [5.41, 5.74) is 6.48. The Labute approximate surface area is 151 Å². The van der Waals surface area contributed by atoms with Crippen molar-refractivity contribution in [1.29, 1.82) is 0 Å². The lowest BCUT2D eigenvalue weighted by Crippen LogP contribution is -1.95. The molecule has 126 valence electrons. The van der Waals surface area contributed by atoms with Crippen molar-refractivity contribution < 1.29 is 0 Å². The van der Waals surface area contributed by atoms with E-state index in [4.69, 9.17) is 9.97 Å². The van der Waals surface area contributed by atoms with Crippen LogP contribution in [0.3, 0.4) is 0 Å². The van der Waals surface area contributed by atoms with Gasteiger partial charge in [-0.3, -0.25) is 0 Å². The van der Waals surface area contributed by atoms with Crippen molar-refractivity contribution in [3.8, 4) is 22.8 Å². The number of rotatable bonds is 2. The Morgan fingerprint density at radius 3 is 1.50 bits per heavy atom. The summed E-state index contributed by atoms with van der Waals surface area (Å²) in [6, 6.07) is 24.9. The molecule has 0 N–H and O–H groups in total. The molecule has 26 heavy (non-hydrogen) atoms. The fourth-order valence-electron chi connectivity index (χ4n) is 3.60. The van der Waals surface area contributed by atoms with Crippen molar-refractivity contribution in [3.05, 3.63) is 72.8 Å². The normalized spacial score (nSPS) is 11.5. The Bertz CT molecular complexity index is 1160. The first kappa shape index (κ1) is 14.9. The summed E-state index contributed by atoms with van der Waals surface area (Å²) in [6.07, 6.45) is 0. The van der Waals surface area contributed by atoms with Crippen LogP contribution >= 0.6 is 0 Å². The van der Waals surface area contributed by atoms with Gasteiger partial charge in [-0.1, -0.05) is 42.5 Å². The standard InChI is InChI=1S/C22H18N4/c1-25-19-12-5-3-10-17(19)23-21(25)15-8-7-9-16(14-15)22-24-18-11-4-6-13-20(18)26(22)2/h3-14H,1-2H3. The zero-order chi connectivity index (χ0) is 17.7. The first-order valence-electron chi connectivity index (χ1n) is 8.66. The highest BCUT2D eigenvalue weighted by molar-refractivity contribution is 5.83. The molecule has 3 aromatic carbocycles. The van der Waals surface area contributed by atoms with Crippen LogP contribution in [-0.2, 0) is 14.1 Å². The van der Waals surface area contributed by atoms with Gasteiger partial charge < -0.3 is 9.13 Å². The number of benzene rings is 3. The Morgan fingerprint density at radius 1 is 0.577 bits per heavy atom. The molecule has 5 aromatic rings. The van der Waals surface area contributed by atoms with Crippen LogP contribution in [0.2, 0.25) is 0 Å². The van der Waals surface area contributed by atoms with Gasteiger partial charge in [-0.05, 0) is 30.3 Å². The smallest absolute Gasteiger partial charge is 0.140 e. The maximum Gasteiger partial charge on any atom is 0.140 e. The Hall–Kier alpha value is -3.40. The van der Waals surface area contributed by atoms with Gasteiger partial charge in [-0.15, -0.1) is 0 Å². The number of aromatic nitrogens is 4. The van der Waals surface area contributed by atoms with Crippen molar-refractivity contribution >= 4 is 22.1 Å². The molecule has 0 fully saturated rings. The lowest BCUT2D eigenvalue weighted by molar-refractivity contribution is 0.954. The molecule has 0 saturated carbocycles. The van der Waals surface area contributed by atoms with E-state index in [9.17, 15) is 0 Å². The molecule has 0 aliphatic heterocycles. The average molecular weight is 338 g/mol. The van der Waals surface area contributed by atoms with Crippen molar-refractivity contribution in [2.24, 2.45) is 14.1 Å². The largest absolute Gasteiger partial charge is 0.327 e. The number of para-hydroxylation sites is 4. The molecular formula is C22H18N4. The molecule has 5 rings (SSSR count). The van der Waals surface area contributed by atoms with Crippen LogP contribution in [0.1, 0.15) is 0 Å². The molecule has 0 atom stereocenters. The van der Waals surface area contributed by atoms with Gasteiger partial charge in [-0.25, -0.2) is 9.97 Å².